The largest absolute Gasteiger partial charge is 0.343 e. The molecule has 0 spiro atoms. The molecule has 0 aromatic carbocycles. The van der Waals surface area contributed by atoms with E-state index < -0.39 is 151 Å². The third-order valence-corrected chi connectivity index (χ3v) is 21.7. The number of amides is 12. The number of nitrogens with zero attached hydrogens (tertiary/aromatic N) is 9. The van der Waals surface area contributed by atoms with E-state index in [9.17, 15) is 43.6 Å². The van der Waals surface area contributed by atoms with E-state index >= 15 is 19.2 Å². The van der Waals surface area contributed by atoms with Crippen molar-refractivity contribution in [2.24, 2.45) is 41.4 Å². The highest BCUT2D eigenvalue weighted by molar-refractivity contribution is 6.20. The van der Waals surface area contributed by atoms with Gasteiger partial charge in [-0.1, -0.05) is 92.9 Å². The second-order valence-electron chi connectivity index (χ2n) is 29.9. The average molecular weight is 1380 g/mol. The minimum absolute atomic E-state index is 0.0207. The number of likely N-dealkylation sites (N-methyl/N-ethyl adjacent to an activating group) is 7. The lowest BCUT2D eigenvalue weighted by Crippen LogP contribution is -2.61. The van der Waals surface area contributed by atoms with Crippen LogP contribution in [0, 0.1) is 52.8 Å². The Morgan fingerprint density at radius 3 is 1.67 bits per heavy atom. The van der Waals surface area contributed by atoms with E-state index in [4.69, 9.17) is 11.6 Å². The maximum Gasteiger partial charge on any atom is 0.245 e. The van der Waals surface area contributed by atoms with Crippen LogP contribution in [0.3, 0.4) is 0 Å². The molecule has 26 heteroatoms. The summed E-state index contributed by atoms with van der Waals surface area (Å²) in [5.74, 6) is -8.76. The van der Waals surface area contributed by atoms with Gasteiger partial charge >= 0.3 is 0 Å². The van der Waals surface area contributed by atoms with Crippen molar-refractivity contribution in [1.82, 2.24) is 60.5 Å². The molecule has 0 radical (unpaired) electrons. The molecule has 11 atom stereocenters. The van der Waals surface area contributed by atoms with Crippen LogP contribution in [0.5, 0.6) is 0 Å². The highest BCUT2D eigenvalue weighted by atomic mass is 35.5. The van der Waals surface area contributed by atoms with Crippen molar-refractivity contribution >= 4 is 82.5 Å². The Morgan fingerprint density at radius 2 is 1.07 bits per heavy atom. The van der Waals surface area contributed by atoms with E-state index in [1.165, 1.54) is 75.9 Å². The van der Waals surface area contributed by atoms with E-state index in [-0.39, 0.29) is 73.0 Å². The average Bonchev–Trinajstić information content (AvgIpc) is 0.825. The number of likely N-dealkylation sites (tertiary alicyclic amines) is 1. The quantitative estimate of drug-likeness (QED) is 0.176. The number of piperidine rings is 1. The fraction of sp³-hybridized carbons (Fsp3) is 0.817. The molecule has 0 aromatic rings. The summed E-state index contributed by atoms with van der Waals surface area (Å²) in [6, 6.07) is -7.35. The highest BCUT2D eigenvalue weighted by Gasteiger charge is 2.43. The van der Waals surface area contributed by atoms with Gasteiger partial charge in [0.15, 0.2) is 0 Å². The van der Waals surface area contributed by atoms with Crippen molar-refractivity contribution in [3.8, 4) is 6.07 Å². The van der Waals surface area contributed by atoms with Gasteiger partial charge in [0, 0.05) is 73.7 Å². The van der Waals surface area contributed by atoms with Crippen molar-refractivity contribution in [2.75, 3.05) is 82.1 Å². The van der Waals surface area contributed by atoms with Crippen LogP contribution < -0.4 is 21.3 Å². The lowest BCUT2D eigenvalue weighted by molar-refractivity contribution is -0.151. The lowest BCUT2D eigenvalue weighted by atomic mass is 9.79. The number of hydrogen-bond acceptors (Lipinski definition) is 13. The molecule has 3 saturated carbocycles. The van der Waals surface area contributed by atoms with E-state index in [0.29, 0.717) is 77.3 Å². The Hall–Kier alpha value is -6.58. The van der Waals surface area contributed by atoms with E-state index in [1.54, 1.807) is 11.8 Å². The first-order valence-electron chi connectivity index (χ1n) is 36.1. The number of hydrogen-bond donors (Lipinski definition) is 4. The molecule has 3 aliphatic carbocycles. The molecule has 2 unspecified atom stereocenters. The molecule has 546 valence electrons. The maximum atomic E-state index is 15.6. The van der Waals surface area contributed by atoms with Crippen LogP contribution in [0.1, 0.15) is 196 Å². The van der Waals surface area contributed by atoms with Gasteiger partial charge in [0.2, 0.25) is 70.9 Å². The van der Waals surface area contributed by atoms with Gasteiger partial charge in [0.05, 0.1) is 32.1 Å². The molecular formula is C71H118ClN13O12. The van der Waals surface area contributed by atoms with Crippen LogP contribution in [-0.4, -0.2) is 246 Å². The molecule has 25 nitrogen and oxygen atoms in total. The molecule has 2 heterocycles. The molecule has 97 heavy (non-hydrogen) atoms. The summed E-state index contributed by atoms with van der Waals surface area (Å²) in [7, 11) is 10.1. The first-order valence-corrected chi connectivity index (χ1v) is 36.5. The molecule has 5 fully saturated rings. The number of carbonyl (C=O) groups excluding carboxylic acids is 12. The first-order chi connectivity index (χ1) is 45.8. The summed E-state index contributed by atoms with van der Waals surface area (Å²) in [5, 5.41) is 21.6. The van der Waals surface area contributed by atoms with Crippen LogP contribution in [0.15, 0.2) is 0 Å². The summed E-state index contributed by atoms with van der Waals surface area (Å²) in [6.45, 7) is 11.9. The number of alkyl halides is 1. The van der Waals surface area contributed by atoms with E-state index in [2.05, 4.69) is 27.3 Å². The Bertz CT molecular complexity index is 2760. The smallest absolute Gasteiger partial charge is 0.245 e. The fourth-order valence-corrected chi connectivity index (χ4v) is 14.8. The van der Waals surface area contributed by atoms with Crippen LogP contribution in [0.25, 0.3) is 0 Å². The van der Waals surface area contributed by atoms with Crippen LogP contribution >= 0.6 is 11.6 Å². The number of halogens is 1. The summed E-state index contributed by atoms with van der Waals surface area (Å²) < 4.78 is 0. The van der Waals surface area contributed by atoms with Gasteiger partial charge in [0.25, 0.3) is 0 Å². The van der Waals surface area contributed by atoms with Crippen molar-refractivity contribution in [2.45, 2.75) is 250 Å². The summed E-state index contributed by atoms with van der Waals surface area (Å²) in [4.78, 5) is 187. The zero-order valence-corrected chi connectivity index (χ0v) is 61.6. The van der Waals surface area contributed by atoms with Crippen molar-refractivity contribution in [3.63, 3.8) is 0 Å². The first kappa shape index (κ1) is 81.1. The maximum absolute atomic E-state index is 15.6. The number of nitriles is 1. The van der Waals surface area contributed by atoms with Gasteiger partial charge < -0.3 is 60.5 Å². The molecular weight excluding hydrogens is 1260 g/mol. The minimum Gasteiger partial charge on any atom is -0.343 e. The number of nitrogens with one attached hydrogen (secondary N) is 4. The second kappa shape index (κ2) is 38.7. The van der Waals surface area contributed by atoms with Gasteiger partial charge in [-0.2, -0.15) is 5.26 Å². The van der Waals surface area contributed by atoms with Gasteiger partial charge in [-0.05, 0) is 132 Å². The fourth-order valence-electron chi connectivity index (χ4n) is 14.6. The normalized spacial score (nSPS) is 29.9. The van der Waals surface area contributed by atoms with Gasteiger partial charge in [-0.3, -0.25) is 57.5 Å². The van der Waals surface area contributed by atoms with Crippen molar-refractivity contribution in [3.05, 3.63) is 0 Å². The standard InChI is InChI=1S/C71H118ClN13O12/c1-15-46(6)63-71(97)80(10)42-61(88)78(8)43-62(89)82(12)57(38-49-27-29-52(72)30-28-49)69(95)79(9)41-59(86)74-53(36-50-25-22-26-51(35-50)40-73)65(91)75-54(33-44(2)3)67(93)84(14)58(37-48-23-18-16-19-24-48)70(96)83(13)56(34-45(4)5)66(92)76-55(68(94)85-31-20-17-21-32-85)39-60(87)81(11)47(7)64(90)77-63/h44-58,63H,15-39,41-43H2,1-14H3,(H,74,86)(H,75,91)(H,76,92)(H,77,90)/t46-,47-,49?,50?,51?,52?,53-,54-,55-,56-,57-,58-,63-/m0/s1. The third-order valence-electron chi connectivity index (χ3n) is 21.3. The molecule has 2 saturated heterocycles. The SMILES string of the molecule is CC[C@H](C)[C@@H]1NC(=O)[C@H](C)N(C)C(=O)C[C@@H](C(=O)N2CCCCC2)NC(=O)[C@H](CC(C)C)N(C)C(=O)[C@H](CC2CCCCC2)N(C)C(=O)[C@H](CC(C)C)NC(=O)[C@H](CC2CCCC(C#N)C2)NC(=O)CN(C)C(=O)[C@H](CC2CCC(Cl)CC2)N(C)C(=O)CN(C)C(=O)CN(C)C1=O. The number of rotatable bonds is 13. The molecule has 12 amide bonds. The lowest BCUT2D eigenvalue weighted by Gasteiger charge is -2.39. The Kier molecular flexibility index (Phi) is 32.3. The van der Waals surface area contributed by atoms with Gasteiger partial charge in [-0.25, -0.2) is 0 Å². The summed E-state index contributed by atoms with van der Waals surface area (Å²) in [5.41, 5.74) is 0. The Balaban J connectivity index is 1.61. The topological polar surface area (TPSA) is 303 Å². The van der Waals surface area contributed by atoms with E-state index in [0.717, 1.165) is 59.6 Å². The zero-order chi connectivity index (χ0) is 72.1. The monoisotopic (exact) mass is 1380 g/mol. The Morgan fingerprint density at radius 1 is 0.515 bits per heavy atom. The van der Waals surface area contributed by atoms with Crippen molar-refractivity contribution in [1.29, 1.82) is 5.26 Å². The molecule has 4 N–H and O–H groups in total. The number of carbonyl (C=O) groups is 12. The summed E-state index contributed by atoms with van der Waals surface area (Å²) >= 11 is 6.52. The zero-order valence-electron chi connectivity index (χ0n) is 60.8. The van der Waals surface area contributed by atoms with Crippen molar-refractivity contribution < 1.29 is 57.5 Å². The second-order valence-corrected chi connectivity index (χ2v) is 30.5. The van der Waals surface area contributed by atoms with Gasteiger partial charge in [-0.15, -0.1) is 11.6 Å². The molecule has 5 rings (SSSR count). The van der Waals surface area contributed by atoms with Crippen LogP contribution in [0.2, 0.25) is 0 Å². The predicted molar refractivity (Wildman–Crippen MR) is 369 cm³/mol. The molecule has 2 aliphatic heterocycles. The predicted octanol–water partition coefficient (Wildman–Crippen LogP) is 5.06. The van der Waals surface area contributed by atoms with E-state index in [1.807, 2.05) is 34.6 Å². The van der Waals surface area contributed by atoms with Crippen LogP contribution in [-0.2, 0) is 57.5 Å². The Labute approximate surface area is 582 Å². The van der Waals surface area contributed by atoms with Gasteiger partial charge in [0.1, 0.15) is 48.3 Å². The molecule has 0 bridgehead atoms. The third kappa shape index (κ3) is 23.8. The van der Waals surface area contributed by atoms with Crippen LogP contribution in [0.4, 0.5) is 0 Å². The summed E-state index contributed by atoms with van der Waals surface area (Å²) in [6.07, 6.45) is 12.8. The molecule has 5 aliphatic rings. The minimum atomic E-state index is -1.43. The molecule has 0 aromatic heterocycles. The highest BCUT2D eigenvalue weighted by Crippen LogP contribution is 2.35.